The standard InChI is InChI=1S/C23H28FN5O4/c24-17-7-11-20(12-8-17)28(23(31)27-19-9-13-21(14-10-19)29(32)33)16-4-15-25-22(30)26-18-5-2-1-3-6-18/h7-14,18H,1-6,15-16H2,(H,27,31)(H2,25,26,30). The number of urea groups is 2. The van der Waals surface area contributed by atoms with E-state index in [9.17, 15) is 24.1 Å². The molecule has 0 radical (unpaired) electrons. The molecule has 0 atom stereocenters. The molecule has 9 nitrogen and oxygen atoms in total. The fourth-order valence-corrected chi connectivity index (χ4v) is 3.75. The largest absolute Gasteiger partial charge is 0.338 e. The van der Waals surface area contributed by atoms with Gasteiger partial charge in [0.1, 0.15) is 5.82 Å². The molecule has 0 aromatic heterocycles. The molecule has 1 fully saturated rings. The summed E-state index contributed by atoms with van der Waals surface area (Å²) in [5.41, 5.74) is 0.797. The Morgan fingerprint density at radius 2 is 1.70 bits per heavy atom. The second kappa shape index (κ2) is 11.8. The summed E-state index contributed by atoms with van der Waals surface area (Å²) < 4.78 is 13.4. The van der Waals surface area contributed by atoms with Crippen LogP contribution in [0, 0.1) is 15.9 Å². The van der Waals surface area contributed by atoms with Crippen molar-refractivity contribution in [1.82, 2.24) is 10.6 Å². The maximum absolute atomic E-state index is 13.4. The highest BCUT2D eigenvalue weighted by Crippen LogP contribution is 2.20. The van der Waals surface area contributed by atoms with Gasteiger partial charge in [-0.1, -0.05) is 19.3 Å². The van der Waals surface area contributed by atoms with Crippen molar-refractivity contribution in [3.05, 3.63) is 64.5 Å². The summed E-state index contributed by atoms with van der Waals surface area (Å²) in [4.78, 5) is 36.7. The first-order chi connectivity index (χ1) is 15.9. The number of carbonyl (C=O) groups excluding carboxylic acids is 2. The van der Waals surface area contributed by atoms with Crippen molar-refractivity contribution in [3.8, 4) is 0 Å². The number of nitrogens with zero attached hydrogens (tertiary/aromatic N) is 2. The summed E-state index contributed by atoms with van der Waals surface area (Å²) >= 11 is 0. The lowest BCUT2D eigenvalue weighted by Gasteiger charge is -2.24. The Labute approximate surface area is 191 Å². The second-order valence-corrected chi connectivity index (χ2v) is 7.95. The molecule has 1 aliphatic carbocycles. The fraction of sp³-hybridized carbons (Fsp3) is 0.391. The highest BCUT2D eigenvalue weighted by atomic mass is 19.1. The first-order valence-corrected chi connectivity index (χ1v) is 11.1. The number of halogens is 1. The topological polar surface area (TPSA) is 117 Å². The van der Waals surface area contributed by atoms with E-state index in [1.54, 1.807) is 0 Å². The van der Waals surface area contributed by atoms with Crippen molar-refractivity contribution >= 4 is 29.1 Å². The Balaban J connectivity index is 1.56. The summed E-state index contributed by atoms with van der Waals surface area (Å²) in [6.45, 7) is 0.634. The van der Waals surface area contributed by atoms with Crippen LogP contribution in [0.5, 0.6) is 0 Å². The number of nitro groups is 1. The molecule has 10 heteroatoms. The van der Waals surface area contributed by atoms with E-state index in [1.165, 1.54) is 59.9 Å². The molecule has 0 bridgehead atoms. The molecule has 0 unspecified atom stereocenters. The van der Waals surface area contributed by atoms with E-state index in [1.807, 2.05) is 0 Å². The van der Waals surface area contributed by atoms with Gasteiger partial charge in [-0.05, 0) is 55.7 Å². The number of hydrogen-bond acceptors (Lipinski definition) is 4. The Hall–Kier alpha value is -3.69. The van der Waals surface area contributed by atoms with Crippen molar-refractivity contribution in [2.45, 2.75) is 44.6 Å². The molecule has 0 heterocycles. The van der Waals surface area contributed by atoms with Crippen LogP contribution in [0.3, 0.4) is 0 Å². The number of carbonyl (C=O) groups is 2. The molecular weight excluding hydrogens is 429 g/mol. The van der Waals surface area contributed by atoms with Gasteiger partial charge in [-0.2, -0.15) is 0 Å². The lowest BCUT2D eigenvalue weighted by atomic mass is 9.96. The molecule has 0 spiro atoms. The Morgan fingerprint density at radius 3 is 2.33 bits per heavy atom. The summed E-state index contributed by atoms with van der Waals surface area (Å²) in [6.07, 6.45) is 5.93. The number of nitrogens with one attached hydrogen (secondary N) is 3. The van der Waals surface area contributed by atoms with Gasteiger partial charge in [-0.15, -0.1) is 0 Å². The number of benzene rings is 2. The summed E-state index contributed by atoms with van der Waals surface area (Å²) in [6, 6.07) is 10.5. The first kappa shape index (κ1) is 24.0. The molecular formula is C23H28FN5O4. The van der Waals surface area contributed by atoms with E-state index in [2.05, 4.69) is 16.0 Å². The van der Waals surface area contributed by atoms with Gasteiger partial charge in [0.15, 0.2) is 0 Å². The quantitative estimate of drug-likeness (QED) is 0.300. The van der Waals surface area contributed by atoms with Crippen molar-refractivity contribution < 1.29 is 18.9 Å². The molecule has 1 saturated carbocycles. The highest BCUT2D eigenvalue weighted by Gasteiger charge is 2.18. The number of non-ortho nitro benzene ring substituents is 1. The molecule has 0 saturated heterocycles. The molecule has 2 aromatic carbocycles. The van der Waals surface area contributed by atoms with Crippen LogP contribution in [0.25, 0.3) is 0 Å². The van der Waals surface area contributed by atoms with Gasteiger partial charge in [-0.3, -0.25) is 15.0 Å². The van der Waals surface area contributed by atoms with E-state index in [-0.39, 0.29) is 24.3 Å². The third kappa shape index (κ3) is 7.44. The third-order valence-electron chi connectivity index (χ3n) is 5.50. The Morgan fingerprint density at radius 1 is 1.03 bits per heavy atom. The van der Waals surface area contributed by atoms with Gasteiger partial charge in [0.2, 0.25) is 0 Å². The minimum absolute atomic E-state index is 0.0824. The number of anilines is 2. The van der Waals surface area contributed by atoms with Crippen LogP contribution in [0.1, 0.15) is 38.5 Å². The average molecular weight is 458 g/mol. The van der Waals surface area contributed by atoms with Crippen molar-refractivity contribution in [3.63, 3.8) is 0 Å². The maximum Gasteiger partial charge on any atom is 0.326 e. The van der Waals surface area contributed by atoms with Crippen LogP contribution >= 0.6 is 0 Å². The van der Waals surface area contributed by atoms with Gasteiger partial charge in [0.25, 0.3) is 5.69 Å². The van der Waals surface area contributed by atoms with Gasteiger partial charge in [0, 0.05) is 42.6 Å². The van der Waals surface area contributed by atoms with Crippen molar-refractivity contribution in [2.75, 3.05) is 23.3 Å². The molecule has 0 aliphatic heterocycles. The van der Waals surface area contributed by atoms with E-state index in [0.29, 0.717) is 24.3 Å². The lowest BCUT2D eigenvalue weighted by molar-refractivity contribution is -0.384. The van der Waals surface area contributed by atoms with Crippen LogP contribution in [0.4, 0.5) is 31.0 Å². The zero-order valence-electron chi connectivity index (χ0n) is 18.3. The van der Waals surface area contributed by atoms with Crippen LogP contribution in [-0.2, 0) is 0 Å². The molecule has 1 aliphatic rings. The van der Waals surface area contributed by atoms with Crippen molar-refractivity contribution in [1.29, 1.82) is 0 Å². The van der Waals surface area contributed by atoms with Crippen LogP contribution in [0.2, 0.25) is 0 Å². The monoisotopic (exact) mass is 457 g/mol. The molecule has 3 N–H and O–H groups in total. The summed E-state index contributed by atoms with van der Waals surface area (Å²) in [7, 11) is 0. The zero-order chi connectivity index (χ0) is 23.6. The van der Waals surface area contributed by atoms with Crippen LogP contribution in [-0.4, -0.2) is 36.1 Å². The van der Waals surface area contributed by atoms with E-state index >= 15 is 0 Å². The number of amides is 4. The first-order valence-electron chi connectivity index (χ1n) is 11.1. The SMILES string of the molecule is O=C(NCCCN(C(=O)Nc1ccc([N+](=O)[O-])cc1)c1ccc(F)cc1)NC1CCCCC1. The smallest absolute Gasteiger partial charge is 0.326 e. The molecule has 3 rings (SSSR count). The van der Waals surface area contributed by atoms with Gasteiger partial charge in [0.05, 0.1) is 4.92 Å². The number of rotatable bonds is 8. The molecule has 4 amide bonds. The van der Waals surface area contributed by atoms with Crippen LogP contribution < -0.4 is 20.9 Å². The predicted octanol–water partition coefficient (Wildman–Crippen LogP) is 4.79. The Bertz CT molecular complexity index is 946. The Kier molecular flexibility index (Phi) is 8.56. The second-order valence-electron chi connectivity index (χ2n) is 7.95. The van der Waals surface area contributed by atoms with Gasteiger partial charge >= 0.3 is 12.1 Å². The summed E-state index contributed by atoms with van der Waals surface area (Å²) in [5, 5.41) is 19.3. The fourth-order valence-electron chi connectivity index (χ4n) is 3.75. The number of hydrogen-bond donors (Lipinski definition) is 3. The van der Waals surface area contributed by atoms with E-state index < -0.39 is 16.8 Å². The van der Waals surface area contributed by atoms with Gasteiger partial charge in [-0.25, -0.2) is 14.0 Å². The third-order valence-corrected chi connectivity index (χ3v) is 5.50. The summed E-state index contributed by atoms with van der Waals surface area (Å²) in [5.74, 6) is -0.421. The molecule has 176 valence electrons. The number of nitro benzene ring substituents is 1. The molecule has 2 aromatic rings. The van der Waals surface area contributed by atoms with Gasteiger partial charge < -0.3 is 16.0 Å². The van der Waals surface area contributed by atoms with Crippen molar-refractivity contribution in [2.24, 2.45) is 0 Å². The maximum atomic E-state index is 13.4. The molecule has 33 heavy (non-hydrogen) atoms. The van der Waals surface area contributed by atoms with E-state index in [0.717, 1.165) is 25.7 Å². The minimum Gasteiger partial charge on any atom is -0.338 e. The average Bonchev–Trinajstić information content (AvgIpc) is 2.81. The zero-order valence-corrected chi connectivity index (χ0v) is 18.3. The van der Waals surface area contributed by atoms with E-state index in [4.69, 9.17) is 0 Å². The lowest BCUT2D eigenvalue weighted by Crippen LogP contribution is -2.44. The minimum atomic E-state index is -0.520. The van der Waals surface area contributed by atoms with Crippen LogP contribution in [0.15, 0.2) is 48.5 Å². The predicted molar refractivity (Wildman–Crippen MR) is 124 cm³/mol. The normalized spacial score (nSPS) is 13.7. The highest BCUT2D eigenvalue weighted by molar-refractivity contribution is 6.01.